The van der Waals surface area contributed by atoms with Gasteiger partial charge in [-0.3, -0.25) is 0 Å². The Morgan fingerprint density at radius 1 is 0.556 bits per heavy atom. The van der Waals surface area contributed by atoms with Crippen molar-refractivity contribution < 1.29 is 67.7 Å². The zero-order valence-electron chi connectivity index (χ0n) is 36.0. The number of aliphatic carboxylic acids is 2. The fraction of sp³-hybridized carbons (Fsp3) is 0.522. The minimum Gasteiger partial charge on any atom is -0.872 e. The van der Waals surface area contributed by atoms with Gasteiger partial charge in [-0.25, -0.2) is 4.79 Å². The number of hydrogen-bond donors (Lipinski definition) is 2. The molecule has 0 amide bonds. The average molecular weight is 725 g/mol. The molecular weight excluding hydrogens is 662 g/mol. The number of aliphatic hydroxyl groups excluding tert-OH is 1. The Morgan fingerprint density at radius 2 is 0.907 bits per heavy atom. The van der Waals surface area contributed by atoms with Gasteiger partial charge in [-0.15, -0.1) is 5.76 Å². The molecule has 0 bridgehead atoms. The molecule has 0 saturated carbocycles. The van der Waals surface area contributed by atoms with Crippen LogP contribution in [0.15, 0.2) is 116 Å². The van der Waals surface area contributed by atoms with Crippen molar-refractivity contribution in [3.05, 3.63) is 116 Å². The van der Waals surface area contributed by atoms with Crippen LogP contribution in [0.25, 0.3) is 0 Å². The number of carbonyl (C=O) groups excluding carboxylic acids is 1. The topological polar surface area (TPSA) is 121 Å². The summed E-state index contributed by atoms with van der Waals surface area (Å²) < 4.78 is 0. The van der Waals surface area contributed by atoms with Crippen LogP contribution in [0, 0.1) is 59.2 Å². The number of rotatable bonds is 4. The number of aliphatic hydroxyl groups is 1. The normalized spacial score (nSPS) is 33.6. The van der Waals surface area contributed by atoms with Crippen molar-refractivity contribution in [2.75, 3.05) is 0 Å². The predicted molar refractivity (Wildman–Crippen MR) is 208 cm³/mol. The molecule has 2 N–H and O–H groups in total. The van der Waals surface area contributed by atoms with Gasteiger partial charge in [-0.1, -0.05) is 117 Å². The van der Waals surface area contributed by atoms with E-state index in [0.717, 1.165) is 50.2 Å². The molecule has 54 heavy (non-hydrogen) atoms. The predicted octanol–water partition coefficient (Wildman–Crippen LogP) is 3.15. The zero-order chi connectivity index (χ0) is 39.8. The molecule has 0 aliphatic heterocycles. The van der Waals surface area contributed by atoms with Crippen LogP contribution in [0.2, 0.25) is 0 Å². The van der Waals surface area contributed by atoms with Gasteiger partial charge in [0.15, 0.2) is 0 Å². The van der Waals surface area contributed by atoms with Crippen LogP contribution in [0.4, 0.5) is 0 Å². The van der Waals surface area contributed by atoms with Gasteiger partial charge in [0.2, 0.25) is 0 Å². The summed E-state index contributed by atoms with van der Waals surface area (Å²) in [5, 5.41) is 44.2. The van der Waals surface area contributed by atoms with Crippen molar-refractivity contribution in [1.82, 2.24) is 0 Å². The number of allylic oxidation sites excluding steroid dienone is 12. The number of carboxylic acids is 2. The summed E-state index contributed by atoms with van der Waals surface area (Å²) in [6, 6.07) is 0. The van der Waals surface area contributed by atoms with Gasteiger partial charge >= 0.3 is 43.7 Å². The zero-order valence-corrected chi connectivity index (χ0v) is 36.0. The smallest absolute Gasteiger partial charge is 0.872 e. The van der Waals surface area contributed by atoms with Crippen molar-refractivity contribution in [3.63, 3.8) is 0 Å². The molecule has 284 valence electrons. The molecule has 0 radical (unpaired) electrons. The second-order valence-electron chi connectivity index (χ2n) is 16.5. The third kappa shape index (κ3) is 9.56. The second kappa shape index (κ2) is 19.3. The molecule has 0 saturated heterocycles. The van der Waals surface area contributed by atoms with Crippen LogP contribution in [0.3, 0.4) is 0 Å². The van der Waals surface area contributed by atoms with E-state index >= 15 is 0 Å². The molecule has 0 fully saturated rings. The van der Waals surface area contributed by atoms with E-state index in [9.17, 15) is 30.0 Å². The molecule has 8 heteroatoms. The van der Waals surface area contributed by atoms with Crippen LogP contribution < -0.4 is 47.9 Å². The number of carbonyl (C=O) groups is 2. The van der Waals surface area contributed by atoms with Gasteiger partial charge in [0.1, 0.15) is 5.76 Å². The summed E-state index contributed by atoms with van der Waals surface area (Å²) in [6.45, 7) is 36.5. The summed E-state index contributed by atoms with van der Waals surface area (Å²) in [6.07, 6.45) is 7.61. The quantitative estimate of drug-likeness (QED) is 0.340. The van der Waals surface area contributed by atoms with E-state index in [1.807, 2.05) is 32.9 Å². The molecule has 4 rings (SSSR count). The van der Waals surface area contributed by atoms with E-state index in [2.05, 4.69) is 81.5 Å². The molecule has 10 unspecified atom stereocenters. The Bertz CT molecular complexity index is 1650. The van der Waals surface area contributed by atoms with Crippen molar-refractivity contribution >= 4 is 11.9 Å². The maximum atomic E-state index is 12.4. The van der Waals surface area contributed by atoms with Gasteiger partial charge in [0.05, 0.1) is 11.5 Å². The molecule has 0 aromatic carbocycles. The maximum Gasteiger partial charge on any atom is 1.00 e. The largest absolute Gasteiger partial charge is 1.00 e. The molecular formula is C46H62Li2O6. The minimum absolute atomic E-state index is 0. The van der Waals surface area contributed by atoms with E-state index in [1.165, 1.54) is 0 Å². The SMILES string of the molecule is C=C1C(O)=C/C(=C2\C=C(C(C(=O)O)=C(C)C)C(C)C(C)C2C)C(C)C1C.C=C1C([O-])=C/C(=C2\C=C(C(C(=O)[O-])=C(C)C)C(C)C(C)C2C)C(C)C1C.[Li+].[Li+]. The Balaban J connectivity index is 0.000000521. The van der Waals surface area contributed by atoms with Crippen molar-refractivity contribution in [3.8, 4) is 0 Å². The first kappa shape index (κ1) is 49.2. The van der Waals surface area contributed by atoms with Crippen LogP contribution >= 0.6 is 0 Å². The second-order valence-corrected chi connectivity index (χ2v) is 16.5. The molecule has 10 atom stereocenters. The van der Waals surface area contributed by atoms with E-state index in [4.69, 9.17) is 0 Å². The number of carboxylic acid groups (broad SMARTS) is 2. The molecule has 0 aromatic rings. The summed E-state index contributed by atoms with van der Waals surface area (Å²) in [5.74, 6) is 0.258. The van der Waals surface area contributed by atoms with Crippen LogP contribution in [0.5, 0.6) is 0 Å². The van der Waals surface area contributed by atoms with Crippen molar-refractivity contribution in [2.45, 2.75) is 96.9 Å². The molecule has 4 aliphatic carbocycles. The van der Waals surface area contributed by atoms with E-state index in [-0.39, 0.29) is 96.6 Å². The third-order valence-corrected chi connectivity index (χ3v) is 13.2. The van der Waals surface area contributed by atoms with Gasteiger partial charge in [0.25, 0.3) is 0 Å². The monoisotopic (exact) mass is 724 g/mol. The van der Waals surface area contributed by atoms with Gasteiger partial charge in [0, 0.05) is 0 Å². The van der Waals surface area contributed by atoms with Crippen molar-refractivity contribution in [1.29, 1.82) is 0 Å². The molecule has 0 heterocycles. The summed E-state index contributed by atoms with van der Waals surface area (Å²) >= 11 is 0. The van der Waals surface area contributed by atoms with Gasteiger partial charge in [-0.2, -0.15) is 0 Å². The minimum atomic E-state index is -1.13. The van der Waals surface area contributed by atoms with Crippen LogP contribution in [-0.2, 0) is 9.59 Å². The van der Waals surface area contributed by atoms with Crippen LogP contribution in [0.1, 0.15) is 96.9 Å². The molecule has 0 aromatic heterocycles. The van der Waals surface area contributed by atoms with Gasteiger partial charge in [-0.05, 0) is 138 Å². The Kier molecular flexibility index (Phi) is 17.6. The first-order valence-electron chi connectivity index (χ1n) is 18.9. The van der Waals surface area contributed by atoms with Gasteiger partial charge < -0.3 is 25.2 Å². The maximum absolute atomic E-state index is 12.4. The first-order chi connectivity index (χ1) is 24.0. The average Bonchev–Trinajstić information content (AvgIpc) is 3.06. The van der Waals surface area contributed by atoms with E-state index in [1.54, 1.807) is 19.9 Å². The van der Waals surface area contributed by atoms with E-state index in [0.29, 0.717) is 28.6 Å². The molecule has 6 nitrogen and oxygen atoms in total. The van der Waals surface area contributed by atoms with Crippen LogP contribution in [-0.4, -0.2) is 22.2 Å². The number of hydrogen-bond acceptors (Lipinski definition) is 5. The Morgan fingerprint density at radius 3 is 1.28 bits per heavy atom. The van der Waals surface area contributed by atoms with Crippen molar-refractivity contribution in [2.24, 2.45) is 59.2 Å². The van der Waals surface area contributed by atoms with E-state index < -0.39 is 11.9 Å². The summed E-state index contributed by atoms with van der Waals surface area (Å²) in [7, 11) is 0. The standard InChI is InChI=1S/2C23H32O3.2Li/c2*1-11(2)22(23(25)26)20-9-18(14(5)12(3)16(20)7)19-10-21(24)17(8)13(4)15(19)6;;/h2*9-10,12-16,24H,8H2,1-7H3,(H,25,26);;/q;;2*+1/p-2/b2*19-18-;;. The Labute approximate surface area is 349 Å². The third-order valence-electron chi connectivity index (χ3n) is 13.2. The summed E-state index contributed by atoms with van der Waals surface area (Å²) in [5.41, 5.74) is 9.73. The Hall–Kier alpha value is -2.87. The fourth-order valence-corrected chi connectivity index (χ4v) is 8.42. The molecule has 0 spiro atoms. The molecule has 4 aliphatic rings. The summed E-state index contributed by atoms with van der Waals surface area (Å²) in [4.78, 5) is 23.7. The fourth-order valence-electron chi connectivity index (χ4n) is 8.42. The first-order valence-corrected chi connectivity index (χ1v) is 18.9.